The monoisotopic (exact) mass is 214 g/mol. The molecule has 2 unspecified atom stereocenters. The fourth-order valence-electron chi connectivity index (χ4n) is 1.79. The van der Waals surface area contributed by atoms with Gasteiger partial charge in [-0.15, -0.1) is 0 Å². The SMILES string of the molecule is CCC(C)N(C)CCC(N)CC(C)(C)C. The van der Waals surface area contributed by atoms with Gasteiger partial charge in [0.1, 0.15) is 0 Å². The Hall–Kier alpha value is -0.0800. The first-order valence-electron chi connectivity index (χ1n) is 6.22. The fourth-order valence-corrected chi connectivity index (χ4v) is 1.79. The maximum Gasteiger partial charge on any atom is 0.00612 e. The summed E-state index contributed by atoms with van der Waals surface area (Å²) in [6.45, 7) is 12.4. The Labute approximate surface area is 96.2 Å². The van der Waals surface area contributed by atoms with Crippen LogP contribution in [0.4, 0.5) is 0 Å². The molecule has 0 aromatic heterocycles. The average molecular weight is 214 g/mol. The van der Waals surface area contributed by atoms with E-state index >= 15 is 0 Å². The van der Waals surface area contributed by atoms with Crippen LogP contribution in [0.3, 0.4) is 0 Å². The van der Waals surface area contributed by atoms with Crippen molar-refractivity contribution in [2.75, 3.05) is 13.6 Å². The quantitative estimate of drug-likeness (QED) is 0.736. The topological polar surface area (TPSA) is 29.3 Å². The summed E-state index contributed by atoms with van der Waals surface area (Å²) >= 11 is 0. The number of rotatable bonds is 6. The summed E-state index contributed by atoms with van der Waals surface area (Å²) in [6, 6.07) is 1.02. The van der Waals surface area contributed by atoms with Gasteiger partial charge in [0.05, 0.1) is 0 Å². The van der Waals surface area contributed by atoms with E-state index < -0.39 is 0 Å². The van der Waals surface area contributed by atoms with Gasteiger partial charge in [0.15, 0.2) is 0 Å². The van der Waals surface area contributed by atoms with Crippen molar-refractivity contribution in [2.45, 2.75) is 66.0 Å². The van der Waals surface area contributed by atoms with Crippen LogP contribution in [0.5, 0.6) is 0 Å². The van der Waals surface area contributed by atoms with E-state index in [1.54, 1.807) is 0 Å². The van der Waals surface area contributed by atoms with E-state index in [0.717, 1.165) is 19.4 Å². The zero-order valence-corrected chi connectivity index (χ0v) is 11.5. The summed E-state index contributed by atoms with van der Waals surface area (Å²) in [5.41, 5.74) is 6.48. The van der Waals surface area contributed by atoms with Crippen LogP contribution in [-0.2, 0) is 0 Å². The third-order valence-electron chi connectivity index (χ3n) is 3.07. The van der Waals surface area contributed by atoms with E-state index in [4.69, 9.17) is 5.73 Å². The lowest BCUT2D eigenvalue weighted by atomic mass is 9.87. The van der Waals surface area contributed by atoms with Gasteiger partial charge in [0.2, 0.25) is 0 Å². The van der Waals surface area contributed by atoms with Gasteiger partial charge in [0, 0.05) is 12.1 Å². The summed E-state index contributed by atoms with van der Waals surface area (Å²) in [6.07, 6.45) is 3.43. The summed E-state index contributed by atoms with van der Waals surface area (Å²) < 4.78 is 0. The third kappa shape index (κ3) is 7.80. The van der Waals surface area contributed by atoms with E-state index in [0.29, 0.717) is 17.5 Å². The Morgan fingerprint density at radius 1 is 1.27 bits per heavy atom. The Kier molecular flexibility index (Phi) is 6.46. The molecule has 2 N–H and O–H groups in total. The van der Waals surface area contributed by atoms with Crippen molar-refractivity contribution in [1.29, 1.82) is 0 Å². The summed E-state index contributed by atoms with van der Waals surface area (Å²) in [5.74, 6) is 0. The number of nitrogens with zero attached hydrogens (tertiary/aromatic N) is 1. The molecule has 0 radical (unpaired) electrons. The molecule has 0 rings (SSSR count). The Bertz CT molecular complexity index is 160. The highest BCUT2D eigenvalue weighted by Gasteiger charge is 2.16. The third-order valence-corrected chi connectivity index (χ3v) is 3.07. The van der Waals surface area contributed by atoms with Crippen molar-refractivity contribution in [2.24, 2.45) is 11.1 Å². The van der Waals surface area contributed by atoms with Crippen LogP contribution in [-0.4, -0.2) is 30.6 Å². The van der Waals surface area contributed by atoms with Crippen molar-refractivity contribution in [3.05, 3.63) is 0 Å². The summed E-state index contributed by atoms with van der Waals surface area (Å²) in [7, 11) is 2.19. The lowest BCUT2D eigenvalue weighted by Crippen LogP contribution is -2.35. The van der Waals surface area contributed by atoms with Crippen molar-refractivity contribution in [3.8, 4) is 0 Å². The highest BCUT2D eigenvalue weighted by atomic mass is 15.1. The van der Waals surface area contributed by atoms with Gasteiger partial charge in [-0.1, -0.05) is 27.7 Å². The molecule has 0 aliphatic carbocycles. The average Bonchev–Trinajstić information content (AvgIpc) is 2.10. The standard InChI is InChI=1S/C13H30N2/c1-7-11(2)15(6)9-8-12(14)10-13(3,4)5/h11-12H,7-10,14H2,1-6H3. The van der Waals surface area contributed by atoms with Gasteiger partial charge in [-0.05, 0) is 45.2 Å². The first kappa shape index (κ1) is 14.9. The van der Waals surface area contributed by atoms with E-state index in [1.807, 2.05) is 0 Å². The lowest BCUT2D eigenvalue weighted by Gasteiger charge is -2.27. The van der Waals surface area contributed by atoms with Gasteiger partial charge >= 0.3 is 0 Å². The van der Waals surface area contributed by atoms with Gasteiger partial charge < -0.3 is 10.6 Å². The number of hydrogen-bond acceptors (Lipinski definition) is 2. The molecule has 0 amide bonds. The van der Waals surface area contributed by atoms with E-state index in [-0.39, 0.29) is 0 Å². The molecule has 0 bridgehead atoms. The molecule has 0 heterocycles. The van der Waals surface area contributed by atoms with Crippen molar-refractivity contribution in [1.82, 2.24) is 4.90 Å². The van der Waals surface area contributed by atoms with Crippen LogP contribution >= 0.6 is 0 Å². The van der Waals surface area contributed by atoms with Crippen molar-refractivity contribution >= 4 is 0 Å². The number of hydrogen-bond donors (Lipinski definition) is 1. The molecule has 92 valence electrons. The van der Waals surface area contributed by atoms with Crippen molar-refractivity contribution < 1.29 is 0 Å². The van der Waals surface area contributed by atoms with Crippen LogP contribution in [0.1, 0.15) is 53.9 Å². The Morgan fingerprint density at radius 2 is 1.80 bits per heavy atom. The van der Waals surface area contributed by atoms with Gasteiger partial charge in [0.25, 0.3) is 0 Å². The predicted molar refractivity (Wildman–Crippen MR) is 69.0 cm³/mol. The van der Waals surface area contributed by atoms with Crippen LogP contribution in [0.25, 0.3) is 0 Å². The molecule has 2 atom stereocenters. The molecule has 0 saturated heterocycles. The van der Waals surface area contributed by atoms with Gasteiger partial charge in [-0.2, -0.15) is 0 Å². The first-order chi connectivity index (χ1) is 6.76. The van der Waals surface area contributed by atoms with E-state index in [2.05, 4.69) is 46.6 Å². The van der Waals surface area contributed by atoms with Crippen LogP contribution in [0.15, 0.2) is 0 Å². The minimum Gasteiger partial charge on any atom is -0.328 e. The Balaban J connectivity index is 3.76. The summed E-state index contributed by atoms with van der Waals surface area (Å²) in [5, 5.41) is 0. The molecule has 2 nitrogen and oxygen atoms in total. The van der Waals surface area contributed by atoms with Gasteiger partial charge in [-0.3, -0.25) is 0 Å². The van der Waals surface area contributed by atoms with Crippen LogP contribution in [0, 0.1) is 5.41 Å². The zero-order chi connectivity index (χ0) is 12.1. The molecule has 0 aliphatic heterocycles. The minimum atomic E-state index is 0.344. The molecule has 0 saturated carbocycles. The second kappa shape index (κ2) is 6.49. The second-order valence-corrected chi connectivity index (χ2v) is 6.05. The second-order valence-electron chi connectivity index (χ2n) is 6.05. The minimum absolute atomic E-state index is 0.344. The molecular formula is C13H30N2. The highest BCUT2D eigenvalue weighted by molar-refractivity contribution is 4.73. The van der Waals surface area contributed by atoms with Crippen molar-refractivity contribution in [3.63, 3.8) is 0 Å². The maximum absolute atomic E-state index is 6.12. The normalized spacial score (nSPS) is 16.8. The predicted octanol–water partition coefficient (Wildman–Crippen LogP) is 2.87. The first-order valence-corrected chi connectivity index (χ1v) is 6.22. The molecular weight excluding hydrogens is 184 g/mol. The fraction of sp³-hybridized carbons (Fsp3) is 1.00. The zero-order valence-electron chi connectivity index (χ0n) is 11.5. The summed E-state index contributed by atoms with van der Waals surface area (Å²) in [4.78, 5) is 2.41. The lowest BCUT2D eigenvalue weighted by molar-refractivity contribution is 0.231. The largest absolute Gasteiger partial charge is 0.328 e. The molecule has 15 heavy (non-hydrogen) atoms. The van der Waals surface area contributed by atoms with E-state index in [9.17, 15) is 0 Å². The maximum atomic E-state index is 6.12. The smallest absolute Gasteiger partial charge is 0.00612 e. The molecule has 0 aromatic carbocycles. The number of nitrogens with two attached hydrogens (primary N) is 1. The Morgan fingerprint density at radius 3 is 2.20 bits per heavy atom. The van der Waals surface area contributed by atoms with Gasteiger partial charge in [-0.25, -0.2) is 0 Å². The molecule has 0 spiro atoms. The molecule has 0 aromatic rings. The van der Waals surface area contributed by atoms with E-state index in [1.165, 1.54) is 6.42 Å². The molecule has 2 heteroatoms. The van der Waals surface area contributed by atoms with Crippen LogP contribution in [0.2, 0.25) is 0 Å². The van der Waals surface area contributed by atoms with Crippen LogP contribution < -0.4 is 5.73 Å². The highest BCUT2D eigenvalue weighted by Crippen LogP contribution is 2.21. The molecule has 0 fully saturated rings. The molecule has 0 aliphatic rings.